The third-order valence-electron chi connectivity index (χ3n) is 10.4. The molecule has 0 saturated heterocycles. The Bertz CT molecular complexity index is 3110. The highest BCUT2D eigenvalue weighted by atomic mass is 32.1. The molecule has 10 aromatic rings. The molecule has 0 aliphatic heterocycles. The van der Waals surface area contributed by atoms with E-state index in [1.54, 1.807) is 11.3 Å². The SMILES string of the molecule is C1=c2sc3ccccc3c2=CCC1N(c1ccc(-c2cccc3ccccc23)cc1)c1ccc2c(c1)oc1ccc3sc(-c4ccccc4)nc3c12. The first-order valence-corrected chi connectivity index (χ1v) is 19.3. The minimum absolute atomic E-state index is 0.129. The van der Waals surface area contributed by atoms with Gasteiger partial charge in [0.25, 0.3) is 0 Å². The van der Waals surface area contributed by atoms with E-state index in [-0.39, 0.29) is 6.04 Å². The molecule has 52 heavy (non-hydrogen) atoms. The third kappa shape index (κ3) is 4.74. The Morgan fingerprint density at radius 1 is 0.596 bits per heavy atom. The van der Waals surface area contributed by atoms with Gasteiger partial charge in [0.05, 0.1) is 21.6 Å². The van der Waals surface area contributed by atoms with Crippen molar-refractivity contribution in [2.45, 2.75) is 12.5 Å². The second-order valence-corrected chi connectivity index (χ2v) is 15.6. The maximum absolute atomic E-state index is 6.63. The Hall–Kier alpha value is -6.01. The van der Waals surface area contributed by atoms with Crippen molar-refractivity contribution in [3.63, 3.8) is 0 Å². The van der Waals surface area contributed by atoms with Crippen molar-refractivity contribution in [3.05, 3.63) is 161 Å². The lowest BCUT2D eigenvalue weighted by molar-refractivity contribution is 0.669. The van der Waals surface area contributed by atoms with Crippen molar-refractivity contribution in [1.82, 2.24) is 4.98 Å². The summed E-state index contributed by atoms with van der Waals surface area (Å²) in [7, 11) is 0. The normalized spacial score (nSPS) is 14.2. The van der Waals surface area contributed by atoms with E-state index in [1.807, 2.05) is 17.4 Å². The Balaban J connectivity index is 1.06. The van der Waals surface area contributed by atoms with E-state index in [1.165, 1.54) is 41.7 Å². The number of thiazole rings is 1. The van der Waals surface area contributed by atoms with Gasteiger partial charge in [-0.05, 0) is 87.5 Å². The molecular formula is C47H30N2OS2. The summed E-state index contributed by atoms with van der Waals surface area (Å²) in [6.45, 7) is 0. The molecule has 0 fully saturated rings. The molecule has 246 valence electrons. The second-order valence-electron chi connectivity index (χ2n) is 13.4. The number of hydrogen-bond donors (Lipinski definition) is 0. The van der Waals surface area contributed by atoms with Gasteiger partial charge in [-0.15, -0.1) is 22.7 Å². The predicted octanol–water partition coefficient (Wildman–Crippen LogP) is 12.1. The second kappa shape index (κ2) is 11.8. The molecule has 11 rings (SSSR count). The van der Waals surface area contributed by atoms with Gasteiger partial charge in [0.15, 0.2) is 0 Å². The van der Waals surface area contributed by atoms with Crippen molar-refractivity contribution in [2.24, 2.45) is 0 Å². The van der Waals surface area contributed by atoms with E-state index < -0.39 is 0 Å². The van der Waals surface area contributed by atoms with Crippen LogP contribution in [0.2, 0.25) is 0 Å². The first kappa shape index (κ1) is 29.7. The molecule has 0 saturated carbocycles. The fraction of sp³-hybridized carbons (Fsp3) is 0.0426. The molecular weight excluding hydrogens is 673 g/mol. The van der Waals surface area contributed by atoms with Crippen LogP contribution >= 0.6 is 22.7 Å². The number of thiophene rings is 1. The van der Waals surface area contributed by atoms with E-state index in [0.717, 1.165) is 60.5 Å². The number of furan rings is 1. The number of fused-ring (bicyclic) bond motifs is 9. The van der Waals surface area contributed by atoms with Crippen LogP contribution in [0, 0.1) is 0 Å². The lowest BCUT2D eigenvalue weighted by Gasteiger charge is -2.32. The quantitative estimate of drug-likeness (QED) is 0.179. The van der Waals surface area contributed by atoms with E-state index in [0.29, 0.717) is 0 Å². The van der Waals surface area contributed by atoms with Gasteiger partial charge in [0, 0.05) is 37.6 Å². The monoisotopic (exact) mass is 702 g/mol. The Morgan fingerprint density at radius 2 is 1.38 bits per heavy atom. The Morgan fingerprint density at radius 3 is 2.29 bits per heavy atom. The standard InChI is InChI=1S/C47H30N2OS2/c1-2-10-31(11-3-1)47-48-46-43(52-47)26-25-40-45(46)39-24-22-33(27-41(39)50-40)49(34-21-23-38-37-14-6-7-16-42(37)51-44(38)28-34)32-19-17-30(18-20-32)36-15-8-12-29-9-4-5-13-35(29)36/h1-20,22-28,34H,21H2. The molecule has 0 N–H and O–H groups in total. The highest BCUT2D eigenvalue weighted by Gasteiger charge is 2.23. The maximum Gasteiger partial charge on any atom is 0.137 e. The molecule has 3 aromatic heterocycles. The summed E-state index contributed by atoms with van der Waals surface area (Å²) in [5.41, 5.74) is 8.57. The topological polar surface area (TPSA) is 29.3 Å². The lowest BCUT2D eigenvalue weighted by atomic mass is 9.97. The van der Waals surface area contributed by atoms with Crippen LogP contribution in [0.1, 0.15) is 6.42 Å². The van der Waals surface area contributed by atoms with Crippen molar-refractivity contribution in [1.29, 1.82) is 0 Å². The fourth-order valence-electron chi connectivity index (χ4n) is 7.99. The summed E-state index contributed by atoms with van der Waals surface area (Å²) in [5.74, 6) is 0. The number of rotatable bonds is 5. The fourth-order valence-corrected chi connectivity index (χ4v) is 10.2. The maximum atomic E-state index is 6.63. The predicted molar refractivity (Wildman–Crippen MR) is 222 cm³/mol. The first-order valence-electron chi connectivity index (χ1n) is 17.6. The Labute approximate surface area is 307 Å². The van der Waals surface area contributed by atoms with Crippen molar-refractivity contribution < 1.29 is 4.42 Å². The summed E-state index contributed by atoms with van der Waals surface area (Å²) in [5, 5.41) is 8.41. The van der Waals surface area contributed by atoms with E-state index in [4.69, 9.17) is 9.40 Å². The van der Waals surface area contributed by atoms with Crippen LogP contribution < -0.4 is 14.7 Å². The molecule has 3 heterocycles. The summed E-state index contributed by atoms with van der Waals surface area (Å²) >= 11 is 3.61. The number of aromatic nitrogens is 1. The zero-order valence-corrected chi connectivity index (χ0v) is 29.6. The van der Waals surface area contributed by atoms with Gasteiger partial charge < -0.3 is 9.32 Å². The zero-order valence-electron chi connectivity index (χ0n) is 28.0. The smallest absolute Gasteiger partial charge is 0.137 e. The summed E-state index contributed by atoms with van der Waals surface area (Å²) in [6, 6.07) is 54.5. The average molecular weight is 703 g/mol. The van der Waals surface area contributed by atoms with Gasteiger partial charge in [-0.1, -0.05) is 109 Å². The zero-order chi connectivity index (χ0) is 34.2. The Kier molecular flexibility index (Phi) is 6.72. The van der Waals surface area contributed by atoms with E-state index >= 15 is 0 Å². The lowest BCUT2D eigenvalue weighted by Crippen LogP contribution is -2.36. The molecule has 1 unspecified atom stereocenters. The molecule has 1 aliphatic rings. The summed E-state index contributed by atoms with van der Waals surface area (Å²) in [4.78, 5) is 7.62. The minimum atomic E-state index is 0.129. The van der Waals surface area contributed by atoms with Crippen molar-refractivity contribution in [3.8, 4) is 21.7 Å². The number of nitrogens with zero attached hydrogens (tertiary/aromatic N) is 2. The van der Waals surface area contributed by atoms with Gasteiger partial charge in [-0.2, -0.15) is 0 Å². The van der Waals surface area contributed by atoms with Crippen LogP contribution in [0.5, 0.6) is 0 Å². The first-order chi connectivity index (χ1) is 25.7. The molecule has 1 atom stereocenters. The van der Waals surface area contributed by atoms with Gasteiger partial charge in [0.1, 0.15) is 16.2 Å². The summed E-state index contributed by atoms with van der Waals surface area (Å²) < 4.78 is 10.5. The molecule has 0 spiro atoms. The number of anilines is 2. The minimum Gasteiger partial charge on any atom is -0.456 e. The molecule has 1 aliphatic carbocycles. The van der Waals surface area contributed by atoms with Gasteiger partial charge in [-0.3, -0.25) is 0 Å². The van der Waals surface area contributed by atoms with Gasteiger partial charge in [0.2, 0.25) is 0 Å². The molecule has 0 bridgehead atoms. The van der Waals surface area contributed by atoms with Crippen LogP contribution in [-0.2, 0) is 0 Å². The molecule has 0 amide bonds. The number of benzene rings is 7. The van der Waals surface area contributed by atoms with Gasteiger partial charge in [-0.25, -0.2) is 4.98 Å². The van der Waals surface area contributed by atoms with Crippen LogP contribution in [-0.4, -0.2) is 11.0 Å². The average Bonchev–Trinajstić information content (AvgIpc) is 3.91. The molecule has 7 aromatic carbocycles. The van der Waals surface area contributed by atoms with Crippen molar-refractivity contribution >= 4 is 99.2 Å². The third-order valence-corrected chi connectivity index (χ3v) is 12.6. The van der Waals surface area contributed by atoms with E-state index in [2.05, 4.69) is 163 Å². The van der Waals surface area contributed by atoms with Gasteiger partial charge >= 0.3 is 0 Å². The van der Waals surface area contributed by atoms with Crippen LogP contribution in [0.15, 0.2) is 156 Å². The van der Waals surface area contributed by atoms with Crippen molar-refractivity contribution in [2.75, 3.05) is 4.90 Å². The number of hydrogen-bond acceptors (Lipinski definition) is 5. The molecule has 5 heteroatoms. The van der Waals surface area contributed by atoms with Crippen LogP contribution in [0.3, 0.4) is 0 Å². The largest absolute Gasteiger partial charge is 0.456 e. The van der Waals surface area contributed by atoms with Crippen LogP contribution in [0.4, 0.5) is 11.4 Å². The van der Waals surface area contributed by atoms with E-state index in [9.17, 15) is 0 Å². The highest BCUT2D eigenvalue weighted by molar-refractivity contribution is 7.21. The molecule has 3 nitrogen and oxygen atoms in total. The summed E-state index contributed by atoms with van der Waals surface area (Å²) in [6.07, 6.45) is 5.80. The van der Waals surface area contributed by atoms with Crippen LogP contribution in [0.25, 0.3) is 86.9 Å². The highest BCUT2D eigenvalue weighted by Crippen LogP contribution is 2.42. The molecule has 0 radical (unpaired) electrons.